The Labute approximate surface area is 69.9 Å². The Hall–Kier alpha value is -0.0800. The van der Waals surface area contributed by atoms with Gasteiger partial charge in [0.25, 0.3) is 0 Å². The van der Waals surface area contributed by atoms with E-state index < -0.39 is 0 Å². The average molecular weight is 155 g/mol. The maximum Gasteiger partial charge on any atom is 0.0131 e. The zero-order valence-corrected chi connectivity index (χ0v) is 7.47. The number of hydrogen-bond donors (Lipinski definition) is 1. The fourth-order valence-electron chi connectivity index (χ4n) is 1.34. The van der Waals surface area contributed by atoms with Crippen molar-refractivity contribution in [1.82, 2.24) is 10.4 Å². The Morgan fingerprint density at radius 1 is 1.36 bits per heavy atom. The van der Waals surface area contributed by atoms with Gasteiger partial charge in [0, 0.05) is 19.6 Å². The van der Waals surface area contributed by atoms with Crippen molar-refractivity contribution in [3.8, 4) is 0 Å². The summed E-state index contributed by atoms with van der Waals surface area (Å²) in [7, 11) is 0. The minimum Gasteiger partial charge on any atom is -0.255 e. The first-order chi connectivity index (χ1) is 5.29. The van der Waals surface area contributed by atoms with E-state index in [1.807, 2.05) is 0 Å². The van der Waals surface area contributed by atoms with Crippen molar-refractivity contribution in [1.29, 1.82) is 0 Å². The number of hydrogen-bond acceptors (Lipinski definition) is 2. The molecule has 1 heterocycles. The predicted molar refractivity (Wildman–Crippen MR) is 47.9 cm³/mol. The molecule has 0 aromatic heterocycles. The second-order valence-corrected chi connectivity index (χ2v) is 3.52. The molecule has 1 saturated heterocycles. The summed E-state index contributed by atoms with van der Waals surface area (Å²) in [5, 5.41) is 2.32. The Kier molecular flexibility index (Phi) is 3.87. The summed E-state index contributed by atoms with van der Waals surface area (Å²) in [6.45, 7) is 9.51. The molecule has 0 spiro atoms. The van der Waals surface area contributed by atoms with Crippen LogP contribution >= 0.6 is 0 Å². The highest BCUT2D eigenvalue weighted by molar-refractivity contribution is 4.62. The van der Waals surface area contributed by atoms with Crippen molar-refractivity contribution in [3.63, 3.8) is 0 Å². The molecule has 1 aliphatic heterocycles. The molecule has 0 aromatic carbocycles. The number of nitrogens with one attached hydrogen (secondary N) is 1. The molecule has 1 rings (SSSR count). The third-order valence-electron chi connectivity index (χ3n) is 2.02. The number of hydrazine groups is 1. The summed E-state index contributed by atoms with van der Waals surface area (Å²) < 4.78 is 0. The largest absolute Gasteiger partial charge is 0.255 e. The van der Waals surface area contributed by atoms with E-state index in [1.165, 1.54) is 32.4 Å². The van der Waals surface area contributed by atoms with Gasteiger partial charge in [0.05, 0.1) is 0 Å². The van der Waals surface area contributed by atoms with Gasteiger partial charge in [-0.25, -0.2) is 5.01 Å². The summed E-state index contributed by atoms with van der Waals surface area (Å²) in [5.74, 6) is 0.511. The van der Waals surface area contributed by atoms with Crippen molar-refractivity contribution in [2.45, 2.75) is 26.2 Å². The molecule has 1 fully saturated rings. The van der Waals surface area contributed by atoms with Gasteiger partial charge in [0.2, 0.25) is 0 Å². The third-order valence-corrected chi connectivity index (χ3v) is 2.02. The zero-order chi connectivity index (χ0) is 8.10. The molecule has 1 aliphatic rings. The first-order valence-electron chi connectivity index (χ1n) is 4.60. The lowest BCUT2D eigenvalue weighted by atomic mass is 10.2. The summed E-state index contributed by atoms with van der Waals surface area (Å²) >= 11 is 0. The van der Waals surface area contributed by atoms with E-state index in [2.05, 4.69) is 24.3 Å². The van der Waals surface area contributed by atoms with Crippen LogP contribution in [0.15, 0.2) is 0 Å². The molecule has 2 nitrogen and oxygen atoms in total. The van der Waals surface area contributed by atoms with E-state index in [9.17, 15) is 0 Å². The lowest BCUT2D eigenvalue weighted by Crippen LogP contribution is -2.43. The van der Waals surface area contributed by atoms with E-state index in [0.29, 0.717) is 5.92 Å². The molecular weight excluding hydrogens is 136 g/mol. The van der Waals surface area contributed by atoms with Gasteiger partial charge in [0.1, 0.15) is 0 Å². The molecule has 65 valence electrons. The highest BCUT2D eigenvalue weighted by Gasteiger charge is 2.08. The lowest BCUT2D eigenvalue weighted by Gasteiger charge is -2.27. The average Bonchev–Trinajstić information content (AvgIpc) is 2.03. The molecule has 2 heteroatoms. The molecule has 1 N–H and O–H groups in total. The first kappa shape index (κ1) is 9.01. The van der Waals surface area contributed by atoms with Crippen LogP contribution in [0.3, 0.4) is 0 Å². The predicted octanol–water partition coefficient (Wildman–Crippen LogP) is 1.45. The fourth-order valence-corrected chi connectivity index (χ4v) is 1.34. The summed E-state index contributed by atoms with van der Waals surface area (Å²) in [6, 6.07) is 0. The monoisotopic (exact) mass is 155 g/mol. The third kappa shape index (κ3) is 3.73. The van der Waals surface area contributed by atoms with Crippen LogP contribution in [-0.4, -0.2) is 24.6 Å². The van der Waals surface area contributed by atoms with Crippen molar-refractivity contribution in [3.05, 3.63) is 6.92 Å². The van der Waals surface area contributed by atoms with E-state index in [-0.39, 0.29) is 0 Å². The minimum absolute atomic E-state index is 0.511. The molecule has 0 bridgehead atoms. The summed E-state index contributed by atoms with van der Waals surface area (Å²) in [6.07, 6.45) is 4.09. The first-order valence-corrected chi connectivity index (χ1v) is 4.60. The fraction of sp³-hybridized carbons (Fsp3) is 0.889. The van der Waals surface area contributed by atoms with Crippen molar-refractivity contribution >= 4 is 0 Å². The topological polar surface area (TPSA) is 15.3 Å². The SMILES string of the molecule is [CH2]C(C)CNN1CCCCC1. The minimum atomic E-state index is 0.511. The Bertz CT molecular complexity index is 95.7. The van der Waals surface area contributed by atoms with Gasteiger partial charge >= 0.3 is 0 Å². The molecule has 0 aliphatic carbocycles. The van der Waals surface area contributed by atoms with Crippen LogP contribution < -0.4 is 5.43 Å². The molecule has 1 radical (unpaired) electrons. The van der Waals surface area contributed by atoms with Crippen molar-refractivity contribution < 1.29 is 0 Å². The quantitative estimate of drug-likeness (QED) is 0.663. The molecule has 11 heavy (non-hydrogen) atoms. The maximum absolute atomic E-state index is 3.93. The zero-order valence-electron chi connectivity index (χ0n) is 7.47. The molecule has 0 saturated carbocycles. The normalized spacial score (nSPS) is 21.0. The second-order valence-electron chi connectivity index (χ2n) is 3.52. The van der Waals surface area contributed by atoms with E-state index in [1.54, 1.807) is 0 Å². The lowest BCUT2D eigenvalue weighted by molar-refractivity contribution is 0.149. The van der Waals surface area contributed by atoms with Crippen LogP contribution in [0.5, 0.6) is 0 Å². The van der Waals surface area contributed by atoms with Gasteiger partial charge in [-0.1, -0.05) is 13.3 Å². The molecular formula is C9H19N2. The molecule has 0 amide bonds. The standard InChI is InChI=1S/C9H19N2/c1-9(2)8-10-11-6-4-3-5-7-11/h9-10H,1,3-8H2,2H3. The van der Waals surface area contributed by atoms with Crippen LogP contribution in [0.1, 0.15) is 26.2 Å². The van der Waals surface area contributed by atoms with Gasteiger partial charge in [-0.2, -0.15) is 0 Å². The molecule has 1 unspecified atom stereocenters. The van der Waals surface area contributed by atoms with Crippen LogP contribution in [-0.2, 0) is 0 Å². The summed E-state index contributed by atoms with van der Waals surface area (Å²) in [4.78, 5) is 0. The number of nitrogens with zero attached hydrogens (tertiary/aromatic N) is 1. The van der Waals surface area contributed by atoms with E-state index in [0.717, 1.165) is 6.54 Å². The Balaban J connectivity index is 2.05. The highest BCUT2D eigenvalue weighted by atomic mass is 15.5. The van der Waals surface area contributed by atoms with Gasteiger partial charge in [-0.05, 0) is 25.7 Å². The van der Waals surface area contributed by atoms with Crippen LogP contribution in [0.25, 0.3) is 0 Å². The highest BCUT2D eigenvalue weighted by Crippen LogP contribution is 2.05. The van der Waals surface area contributed by atoms with Crippen LogP contribution in [0, 0.1) is 12.8 Å². The summed E-state index contributed by atoms with van der Waals surface area (Å²) in [5.41, 5.74) is 3.39. The number of rotatable bonds is 3. The molecule has 0 aromatic rings. The van der Waals surface area contributed by atoms with Gasteiger partial charge in [-0.15, -0.1) is 0 Å². The van der Waals surface area contributed by atoms with Gasteiger partial charge < -0.3 is 0 Å². The van der Waals surface area contributed by atoms with Crippen molar-refractivity contribution in [2.24, 2.45) is 5.92 Å². The van der Waals surface area contributed by atoms with E-state index >= 15 is 0 Å². The number of piperidine rings is 1. The Morgan fingerprint density at radius 2 is 2.00 bits per heavy atom. The van der Waals surface area contributed by atoms with Crippen molar-refractivity contribution in [2.75, 3.05) is 19.6 Å². The molecule has 1 atom stereocenters. The Morgan fingerprint density at radius 3 is 2.55 bits per heavy atom. The second kappa shape index (κ2) is 4.73. The van der Waals surface area contributed by atoms with Crippen LogP contribution in [0.2, 0.25) is 0 Å². The maximum atomic E-state index is 3.93. The van der Waals surface area contributed by atoms with Gasteiger partial charge in [0.15, 0.2) is 0 Å². The van der Waals surface area contributed by atoms with Gasteiger partial charge in [-0.3, -0.25) is 5.43 Å². The van der Waals surface area contributed by atoms with E-state index in [4.69, 9.17) is 0 Å². The van der Waals surface area contributed by atoms with Crippen LogP contribution in [0.4, 0.5) is 0 Å². The smallest absolute Gasteiger partial charge is 0.0131 e.